The SMILES string of the molecule is Nc1ccc(CS(=O)(=O)NC(CO)c2ccccc2)cc1. The number of aliphatic hydroxyl groups is 1. The number of rotatable bonds is 6. The molecule has 0 amide bonds. The molecule has 0 aromatic heterocycles. The molecule has 2 aromatic carbocycles. The molecule has 112 valence electrons. The molecule has 4 N–H and O–H groups in total. The summed E-state index contributed by atoms with van der Waals surface area (Å²) in [4.78, 5) is 0. The second-order valence-electron chi connectivity index (χ2n) is 4.76. The van der Waals surface area contributed by atoms with Crippen LogP contribution in [0.15, 0.2) is 54.6 Å². The Morgan fingerprint density at radius 3 is 2.24 bits per heavy atom. The number of nitrogen functional groups attached to an aromatic ring is 1. The number of nitrogens with one attached hydrogen (secondary N) is 1. The Morgan fingerprint density at radius 1 is 1.05 bits per heavy atom. The van der Waals surface area contributed by atoms with E-state index in [1.54, 1.807) is 48.5 Å². The first kappa shape index (κ1) is 15.5. The van der Waals surface area contributed by atoms with Crippen molar-refractivity contribution in [2.75, 3.05) is 12.3 Å². The predicted molar refractivity (Wildman–Crippen MR) is 82.9 cm³/mol. The average Bonchev–Trinajstić information content (AvgIpc) is 2.48. The second-order valence-corrected chi connectivity index (χ2v) is 6.52. The van der Waals surface area contributed by atoms with Gasteiger partial charge in [0, 0.05) is 5.69 Å². The van der Waals surface area contributed by atoms with Gasteiger partial charge < -0.3 is 10.8 Å². The van der Waals surface area contributed by atoms with E-state index in [0.717, 1.165) is 5.56 Å². The summed E-state index contributed by atoms with van der Waals surface area (Å²) in [6, 6.07) is 15.0. The maximum atomic E-state index is 12.2. The smallest absolute Gasteiger partial charge is 0.216 e. The lowest BCUT2D eigenvalue weighted by Gasteiger charge is -2.17. The number of aliphatic hydroxyl groups excluding tert-OH is 1. The topological polar surface area (TPSA) is 92.4 Å². The van der Waals surface area contributed by atoms with E-state index in [-0.39, 0.29) is 12.4 Å². The normalized spacial score (nSPS) is 13.0. The standard InChI is InChI=1S/C15H18N2O3S/c16-14-8-6-12(7-9-14)11-21(19,20)17-15(10-18)13-4-2-1-3-5-13/h1-9,15,17-18H,10-11,16H2. The van der Waals surface area contributed by atoms with Crippen LogP contribution in [0, 0.1) is 0 Å². The highest BCUT2D eigenvalue weighted by Gasteiger charge is 2.19. The van der Waals surface area contributed by atoms with Gasteiger partial charge in [0.25, 0.3) is 0 Å². The summed E-state index contributed by atoms with van der Waals surface area (Å²) in [6.07, 6.45) is 0. The molecule has 0 aliphatic rings. The van der Waals surface area contributed by atoms with Crippen LogP contribution in [-0.4, -0.2) is 20.1 Å². The van der Waals surface area contributed by atoms with Crippen molar-refractivity contribution in [2.45, 2.75) is 11.8 Å². The minimum Gasteiger partial charge on any atom is -0.399 e. The van der Waals surface area contributed by atoms with Gasteiger partial charge in [0.15, 0.2) is 0 Å². The zero-order valence-corrected chi connectivity index (χ0v) is 12.3. The molecule has 0 fully saturated rings. The third-order valence-corrected chi connectivity index (χ3v) is 4.40. The molecule has 6 heteroatoms. The molecule has 0 saturated carbocycles. The summed E-state index contributed by atoms with van der Waals surface area (Å²) in [7, 11) is -3.56. The molecule has 0 spiro atoms. The molecule has 0 aliphatic heterocycles. The highest BCUT2D eigenvalue weighted by molar-refractivity contribution is 7.88. The molecule has 2 rings (SSSR count). The molecule has 21 heavy (non-hydrogen) atoms. The van der Waals surface area contributed by atoms with Crippen LogP contribution in [0.2, 0.25) is 0 Å². The molecular formula is C15H18N2O3S. The fourth-order valence-corrected chi connectivity index (χ4v) is 3.35. The Balaban J connectivity index is 2.10. The molecule has 2 aromatic rings. The van der Waals surface area contributed by atoms with Gasteiger partial charge in [-0.15, -0.1) is 0 Å². The lowest BCUT2D eigenvalue weighted by Crippen LogP contribution is -2.31. The van der Waals surface area contributed by atoms with E-state index in [9.17, 15) is 13.5 Å². The quantitative estimate of drug-likeness (QED) is 0.704. The maximum Gasteiger partial charge on any atom is 0.216 e. The third-order valence-electron chi connectivity index (χ3n) is 3.04. The molecule has 0 radical (unpaired) electrons. The zero-order valence-electron chi connectivity index (χ0n) is 11.4. The summed E-state index contributed by atoms with van der Waals surface area (Å²) in [6.45, 7) is -0.301. The van der Waals surface area contributed by atoms with Gasteiger partial charge in [0.1, 0.15) is 0 Å². The summed E-state index contributed by atoms with van der Waals surface area (Å²) < 4.78 is 26.9. The van der Waals surface area contributed by atoms with Crippen molar-refractivity contribution in [3.8, 4) is 0 Å². The van der Waals surface area contributed by atoms with Crippen LogP contribution in [0.3, 0.4) is 0 Å². The molecule has 1 atom stereocenters. The lowest BCUT2D eigenvalue weighted by molar-refractivity contribution is 0.259. The summed E-state index contributed by atoms with van der Waals surface area (Å²) in [5.41, 5.74) is 7.52. The van der Waals surface area contributed by atoms with Crippen molar-refractivity contribution in [1.82, 2.24) is 4.72 Å². The summed E-state index contributed by atoms with van der Waals surface area (Å²) >= 11 is 0. The number of sulfonamides is 1. The Bertz CT molecular complexity index is 670. The first-order valence-corrected chi connectivity index (χ1v) is 8.15. The largest absolute Gasteiger partial charge is 0.399 e. The molecule has 5 nitrogen and oxygen atoms in total. The molecule has 0 heterocycles. The Kier molecular flexibility index (Phi) is 4.95. The molecule has 1 unspecified atom stereocenters. The number of benzene rings is 2. The summed E-state index contributed by atoms with van der Waals surface area (Å²) in [5, 5.41) is 9.40. The lowest BCUT2D eigenvalue weighted by atomic mass is 10.1. The van der Waals surface area contributed by atoms with Crippen LogP contribution in [-0.2, 0) is 15.8 Å². The van der Waals surface area contributed by atoms with Gasteiger partial charge in [0.05, 0.1) is 18.4 Å². The average molecular weight is 306 g/mol. The van der Waals surface area contributed by atoms with Gasteiger partial charge in [-0.3, -0.25) is 0 Å². The predicted octanol–water partition coefficient (Wildman–Crippen LogP) is 1.42. The van der Waals surface area contributed by atoms with Crippen molar-refractivity contribution >= 4 is 15.7 Å². The minimum absolute atomic E-state index is 0.156. The highest BCUT2D eigenvalue weighted by Crippen LogP contribution is 2.15. The van der Waals surface area contributed by atoms with E-state index in [1.165, 1.54) is 0 Å². The Morgan fingerprint density at radius 2 is 1.67 bits per heavy atom. The monoisotopic (exact) mass is 306 g/mol. The fraction of sp³-hybridized carbons (Fsp3) is 0.200. The van der Waals surface area contributed by atoms with Gasteiger partial charge in [0.2, 0.25) is 10.0 Å². The molecule has 0 saturated heterocycles. The van der Waals surface area contributed by atoms with E-state index >= 15 is 0 Å². The zero-order chi connectivity index (χ0) is 15.3. The van der Waals surface area contributed by atoms with E-state index in [4.69, 9.17) is 5.73 Å². The van der Waals surface area contributed by atoms with Crippen molar-refractivity contribution < 1.29 is 13.5 Å². The van der Waals surface area contributed by atoms with Crippen LogP contribution in [0.4, 0.5) is 5.69 Å². The number of hydrogen-bond acceptors (Lipinski definition) is 4. The number of anilines is 1. The number of nitrogens with two attached hydrogens (primary N) is 1. The Hall–Kier alpha value is -1.89. The van der Waals surface area contributed by atoms with Crippen LogP contribution in [0.1, 0.15) is 17.2 Å². The van der Waals surface area contributed by atoms with Gasteiger partial charge in [-0.05, 0) is 23.3 Å². The van der Waals surface area contributed by atoms with Gasteiger partial charge in [-0.1, -0.05) is 42.5 Å². The van der Waals surface area contributed by atoms with Gasteiger partial charge in [-0.2, -0.15) is 0 Å². The van der Waals surface area contributed by atoms with Crippen molar-refractivity contribution in [1.29, 1.82) is 0 Å². The van der Waals surface area contributed by atoms with Crippen molar-refractivity contribution in [2.24, 2.45) is 0 Å². The minimum atomic E-state index is -3.56. The van der Waals surface area contributed by atoms with Crippen molar-refractivity contribution in [3.63, 3.8) is 0 Å². The maximum absolute atomic E-state index is 12.2. The van der Waals surface area contributed by atoms with Gasteiger partial charge >= 0.3 is 0 Å². The first-order chi connectivity index (χ1) is 10.00. The highest BCUT2D eigenvalue weighted by atomic mass is 32.2. The third kappa shape index (κ3) is 4.56. The van der Waals surface area contributed by atoms with E-state index in [2.05, 4.69) is 4.72 Å². The first-order valence-electron chi connectivity index (χ1n) is 6.50. The Labute approximate surface area is 124 Å². The van der Waals surface area contributed by atoms with Crippen LogP contribution >= 0.6 is 0 Å². The molecule has 0 aliphatic carbocycles. The fourth-order valence-electron chi connectivity index (χ4n) is 1.99. The van der Waals surface area contributed by atoms with E-state index in [0.29, 0.717) is 11.3 Å². The van der Waals surface area contributed by atoms with Crippen LogP contribution in [0.5, 0.6) is 0 Å². The molecule has 0 bridgehead atoms. The van der Waals surface area contributed by atoms with E-state index < -0.39 is 16.1 Å². The van der Waals surface area contributed by atoms with Crippen molar-refractivity contribution in [3.05, 3.63) is 65.7 Å². The van der Waals surface area contributed by atoms with Gasteiger partial charge in [-0.25, -0.2) is 13.1 Å². The van der Waals surface area contributed by atoms with E-state index in [1.807, 2.05) is 6.07 Å². The number of hydrogen-bond donors (Lipinski definition) is 3. The van der Waals surface area contributed by atoms with Crippen LogP contribution in [0.25, 0.3) is 0 Å². The second kappa shape index (κ2) is 6.71. The molecular weight excluding hydrogens is 288 g/mol. The van der Waals surface area contributed by atoms with Crippen LogP contribution < -0.4 is 10.5 Å². The summed E-state index contributed by atoms with van der Waals surface area (Å²) in [5.74, 6) is -0.156.